The zero-order chi connectivity index (χ0) is 17.7. The third-order valence-electron chi connectivity index (χ3n) is 3.91. The second kappa shape index (κ2) is 7.82. The summed E-state index contributed by atoms with van der Waals surface area (Å²) >= 11 is 5.98. The minimum atomic E-state index is -0.295. The molecule has 0 fully saturated rings. The van der Waals surface area contributed by atoms with Crippen molar-refractivity contribution in [3.63, 3.8) is 0 Å². The van der Waals surface area contributed by atoms with Crippen molar-refractivity contribution in [2.24, 2.45) is 0 Å². The average molecular weight is 346 g/mol. The van der Waals surface area contributed by atoms with Crippen LogP contribution in [0.5, 0.6) is 5.75 Å². The topological polar surface area (TPSA) is 38.3 Å². The van der Waals surface area contributed by atoms with Crippen LogP contribution in [0.2, 0.25) is 5.02 Å². The molecule has 0 saturated heterocycles. The summed E-state index contributed by atoms with van der Waals surface area (Å²) in [6.07, 6.45) is 0.810. The molecule has 24 heavy (non-hydrogen) atoms. The highest BCUT2D eigenvalue weighted by Crippen LogP contribution is 2.18. The lowest BCUT2D eigenvalue weighted by Gasteiger charge is -2.30. The molecular formula is C20H24ClNO2. The van der Waals surface area contributed by atoms with Gasteiger partial charge in [0, 0.05) is 16.1 Å². The molecule has 0 spiro atoms. The smallest absolute Gasteiger partial charge is 0.179 e. The zero-order valence-electron chi connectivity index (χ0n) is 14.6. The third kappa shape index (κ3) is 5.08. The molecule has 1 N–H and O–H groups in total. The molecule has 4 heteroatoms. The summed E-state index contributed by atoms with van der Waals surface area (Å²) in [6.45, 7) is 6.08. The number of carbonyl (C=O) groups is 1. The summed E-state index contributed by atoms with van der Waals surface area (Å²) < 4.78 is 5.18. The normalized spacial score (nSPS) is 12.7. The molecule has 1 unspecified atom stereocenters. The van der Waals surface area contributed by atoms with E-state index in [2.05, 4.69) is 19.2 Å². The van der Waals surface area contributed by atoms with Gasteiger partial charge in [-0.3, -0.25) is 4.79 Å². The van der Waals surface area contributed by atoms with Gasteiger partial charge in [0.25, 0.3) is 0 Å². The number of carbonyl (C=O) groups excluding carboxylic acids is 1. The molecule has 0 aromatic heterocycles. The van der Waals surface area contributed by atoms with Crippen LogP contribution in [-0.4, -0.2) is 24.5 Å². The Morgan fingerprint density at radius 2 is 1.88 bits per heavy atom. The number of ketones is 1. The minimum absolute atomic E-state index is 0.0419. The molecule has 2 aromatic carbocycles. The first-order chi connectivity index (χ1) is 11.3. The molecular weight excluding hydrogens is 322 g/mol. The molecule has 2 rings (SSSR count). The first kappa shape index (κ1) is 18.5. The lowest BCUT2D eigenvalue weighted by atomic mass is 9.92. The Balaban J connectivity index is 2.02. The van der Waals surface area contributed by atoms with E-state index in [1.807, 2.05) is 31.2 Å². The maximum absolute atomic E-state index is 12.6. The Kier molecular flexibility index (Phi) is 6.03. The minimum Gasteiger partial charge on any atom is -0.497 e. The highest BCUT2D eigenvalue weighted by atomic mass is 35.5. The van der Waals surface area contributed by atoms with E-state index < -0.39 is 0 Å². The fourth-order valence-corrected chi connectivity index (χ4v) is 3.04. The molecule has 0 aliphatic heterocycles. The van der Waals surface area contributed by atoms with Gasteiger partial charge in [-0.1, -0.05) is 35.9 Å². The van der Waals surface area contributed by atoms with Gasteiger partial charge >= 0.3 is 0 Å². The molecule has 0 aliphatic carbocycles. The standard InChI is InChI=1S/C20H24ClNO2/c1-14(19(23)16-6-5-7-17(21)12-16)22-20(2,3)13-15-8-10-18(24-4)11-9-15/h5-12,14,22H,13H2,1-4H3. The van der Waals surface area contributed by atoms with Crippen molar-refractivity contribution in [3.8, 4) is 5.75 Å². The Bertz CT molecular complexity index is 695. The monoisotopic (exact) mass is 345 g/mol. The predicted octanol–water partition coefficient (Wildman–Crippen LogP) is 4.53. The quantitative estimate of drug-likeness (QED) is 0.749. The Morgan fingerprint density at radius 1 is 1.21 bits per heavy atom. The second-order valence-corrected chi connectivity index (χ2v) is 7.09. The van der Waals surface area contributed by atoms with Gasteiger partial charge in [-0.15, -0.1) is 0 Å². The van der Waals surface area contributed by atoms with Crippen LogP contribution in [0.15, 0.2) is 48.5 Å². The van der Waals surface area contributed by atoms with E-state index in [1.165, 1.54) is 5.56 Å². The number of methoxy groups -OCH3 is 1. The zero-order valence-corrected chi connectivity index (χ0v) is 15.4. The highest BCUT2D eigenvalue weighted by molar-refractivity contribution is 6.31. The number of nitrogens with one attached hydrogen (secondary N) is 1. The first-order valence-corrected chi connectivity index (χ1v) is 8.39. The lowest BCUT2D eigenvalue weighted by molar-refractivity contribution is 0.0933. The lowest BCUT2D eigenvalue weighted by Crippen LogP contribution is -2.49. The molecule has 0 radical (unpaired) electrons. The molecule has 0 aliphatic rings. The van der Waals surface area contributed by atoms with E-state index in [-0.39, 0.29) is 17.4 Å². The van der Waals surface area contributed by atoms with Gasteiger partial charge in [0.1, 0.15) is 5.75 Å². The van der Waals surface area contributed by atoms with Crippen molar-refractivity contribution >= 4 is 17.4 Å². The number of hydrogen-bond acceptors (Lipinski definition) is 3. The summed E-state index contributed by atoms with van der Waals surface area (Å²) in [5, 5.41) is 4.00. The summed E-state index contributed by atoms with van der Waals surface area (Å²) in [7, 11) is 1.66. The number of ether oxygens (including phenoxy) is 1. The maximum atomic E-state index is 12.6. The fraction of sp³-hybridized carbons (Fsp3) is 0.350. The highest BCUT2D eigenvalue weighted by Gasteiger charge is 2.25. The van der Waals surface area contributed by atoms with E-state index >= 15 is 0 Å². The molecule has 0 amide bonds. The molecule has 1 atom stereocenters. The van der Waals surface area contributed by atoms with Crippen molar-refractivity contribution in [1.29, 1.82) is 0 Å². The van der Waals surface area contributed by atoms with Crippen LogP contribution in [0.25, 0.3) is 0 Å². The van der Waals surface area contributed by atoms with Crippen LogP contribution in [0.1, 0.15) is 36.7 Å². The van der Waals surface area contributed by atoms with Gasteiger partial charge < -0.3 is 10.1 Å². The van der Waals surface area contributed by atoms with Gasteiger partial charge in [0.2, 0.25) is 0 Å². The molecule has 2 aromatic rings. The van der Waals surface area contributed by atoms with E-state index in [0.29, 0.717) is 10.6 Å². The summed E-state index contributed by atoms with van der Waals surface area (Å²) in [5.41, 5.74) is 1.60. The Labute approximate surface area is 149 Å². The number of Topliss-reactive ketones (excluding diaryl/α,β-unsaturated/α-hetero) is 1. The van der Waals surface area contributed by atoms with Crippen LogP contribution in [0, 0.1) is 0 Å². The summed E-state index contributed by atoms with van der Waals surface area (Å²) in [5.74, 6) is 0.884. The van der Waals surface area contributed by atoms with E-state index in [1.54, 1.807) is 31.4 Å². The van der Waals surface area contributed by atoms with Crippen LogP contribution in [0.4, 0.5) is 0 Å². The average Bonchev–Trinajstić information content (AvgIpc) is 2.54. The van der Waals surface area contributed by atoms with Crippen LogP contribution in [-0.2, 0) is 6.42 Å². The van der Waals surface area contributed by atoms with Gasteiger partial charge in [-0.25, -0.2) is 0 Å². The maximum Gasteiger partial charge on any atom is 0.179 e. The molecule has 0 saturated carbocycles. The summed E-state index contributed by atoms with van der Waals surface area (Å²) in [6, 6.07) is 14.8. The van der Waals surface area contributed by atoms with E-state index in [9.17, 15) is 4.79 Å². The second-order valence-electron chi connectivity index (χ2n) is 6.65. The van der Waals surface area contributed by atoms with Gasteiger partial charge in [-0.2, -0.15) is 0 Å². The molecule has 0 bridgehead atoms. The van der Waals surface area contributed by atoms with Crippen molar-refractivity contribution in [3.05, 3.63) is 64.7 Å². The van der Waals surface area contributed by atoms with Gasteiger partial charge in [0.15, 0.2) is 5.78 Å². The first-order valence-electron chi connectivity index (χ1n) is 8.01. The van der Waals surface area contributed by atoms with Gasteiger partial charge in [-0.05, 0) is 57.0 Å². The Hall–Kier alpha value is -1.84. The number of hydrogen-bond donors (Lipinski definition) is 1. The third-order valence-corrected chi connectivity index (χ3v) is 4.15. The largest absolute Gasteiger partial charge is 0.497 e. The van der Waals surface area contributed by atoms with Crippen LogP contribution in [0.3, 0.4) is 0 Å². The molecule has 128 valence electrons. The van der Waals surface area contributed by atoms with Crippen molar-refractivity contribution in [2.75, 3.05) is 7.11 Å². The van der Waals surface area contributed by atoms with Crippen molar-refractivity contribution in [2.45, 2.75) is 38.8 Å². The molecule has 3 nitrogen and oxygen atoms in total. The number of halogens is 1. The fourth-order valence-electron chi connectivity index (χ4n) is 2.85. The van der Waals surface area contributed by atoms with E-state index in [4.69, 9.17) is 16.3 Å². The van der Waals surface area contributed by atoms with E-state index in [0.717, 1.165) is 12.2 Å². The van der Waals surface area contributed by atoms with Crippen LogP contribution >= 0.6 is 11.6 Å². The Morgan fingerprint density at radius 3 is 2.46 bits per heavy atom. The van der Waals surface area contributed by atoms with Crippen LogP contribution < -0.4 is 10.1 Å². The van der Waals surface area contributed by atoms with Crippen molar-refractivity contribution in [1.82, 2.24) is 5.32 Å². The van der Waals surface area contributed by atoms with Gasteiger partial charge in [0.05, 0.1) is 13.2 Å². The van der Waals surface area contributed by atoms with Crippen molar-refractivity contribution < 1.29 is 9.53 Å². The molecule has 0 heterocycles. The number of rotatable bonds is 7. The predicted molar refractivity (Wildman–Crippen MR) is 99.2 cm³/mol. The SMILES string of the molecule is COc1ccc(CC(C)(C)NC(C)C(=O)c2cccc(Cl)c2)cc1. The number of benzene rings is 2. The summed E-state index contributed by atoms with van der Waals surface area (Å²) in [4.78, 5) is 12.6.